The Morgan fingerprint density at radius 1 is 1.27 bits per heavy atom. The average Bonchev–Trinajstić information content (AvgIpc) is 2.35. The van der Waals surface area contributed by atoms with Gasteiger partial charge in [-0.2, -0.15) is 0 Å². The Morgan fingerprint density at radius 3 is 2.73 bits per heavy atom. The number of para-hydroxylation sites is 1. The maximum Gasteiger partial charge on any atom is 0.238 e. The summed E-state index contributed by atoms with van der Waals surface area (Å²) in [5.74, 6) is 0.0775. The zero-order valence-electron chi connectivity index (χ0n) is 9.16. The minimum Gasteiger partial charge on any atom is -0.325 e. The first-order chi connectivity index (χ1) is 7.16. The van der Waals surface area contributed by atoms with E-state index in [2.05, 4.69) is 30.1 Å². The van der Waals surface area contributed by atoms with Gasteiger partial charge in [0.2, 0.25) is 5.91 Å². The molecule has 1 N–H and O–H groups in total. The minimum atomic E-state index is 0.0775. The highest BCUT2D eigenvalue weighted by atomic mass is 16.2. The van der Waals surface area contributed by atoms with Crippen LogP contribution in [0, 0.1) is 0 Å². The summed E-state index contributed by atoms with van der Waals surface area (Å²) in [6, 6.07) is 8.37. The van der Waals surface area contributed by atoms with Gasteiger partial charge < -0.3 is 5.32 Å². The van der Waals surface area contributed by atoms with Crippen molar-refractivity contribution < 1.29 is 4.79 Å². The van der Waals surface area contributed by atoms with Crippen LogP contribution in [-0.2, 0) is 11.3 Å². The predicted octanol–water partition coefficient (Wildman–Crippen LogP) is 1.85. The van der Waals surface area contributed by atoms with Crippen molar-refractivity contribution in [3.05, 3.63) is 29.8 Å². The number of benzene rings is 1. The highest BCUT2D eigenvalue weighted by Gasteiger charge is 2.20. The first-order valence-electron chi connectivity index (χ1n) is 5.28. The van der Waals surface area contributed by atoms with Crippen molar-refractivity contribution in [2.24, 2.45) is 0 Å². The first kappa shape index (κ1) is 10.2. The molecule has 3 heteroatoms. The zero-order chi connectivity index (χ0) is 10.8. The van der Waals surface area contributed by atoms with Crippen LogP contribution in [0.2, 0.25) is 0 Å². The van der Waals surface area contributed by atoms with Gasteiger partial charge in [-0.05, 0) is 25.5 Å². The fraction of sp³-hybridized carbons (Fsp3) is 0.417. The van der Waals surface area contributed by atoms with Gasteiger partial charge in [-0.3, -0.25) is 9.69 Å². The second kappa shape index (κ2) is 4.03. The van der Waals surface area contributed by atoms with E-state index >= 15 is 0 Å². The molecule has 0 bridgehead atoms. The van der Waals surface area contributed by atoms with E-state index < -0.39 is 0 Å². The first-order valence-corrected chi connectivity index (χ1v) is 5.28. The van der Waals surface area contributed by atoms with Crippen LogP contribution in [0.15, 0.2) is 24.3 Å². The van der Waals surface area contributed by atoms with Gasteiger partial charge in [0.15, 0.2) is 0 Å². The van der Waals surface area contributed by atoms with Crippen molar-refractivity contribution in [2.45, 2.75) is 26.4 Å². The molecule has 1 aromatic carbocycles. The molecular weight excluding hydrogens is 188 g/mol. The largest absolute Gasteiger partial charge is 0.325 e. The molecule has 0 radical (unpaired) electrons. The van der Waals surface area contributed by atoms with Crippen LogP contribution in [0.5, 0.6) is 0 Å². The molecule has 1 aliphatic heterocycles. The highest BCUT2D eigenvalue weighted by molar-refractivity contribution is 5.93. The third-order valence-corrected chi connectivity index (χ3v) is 2.74. The van der Waals surface area contributed by atoms with E-state index in [0.717, 1.165) is 12.2 Å². The summed E-state index contributed by atoms with van der Waals surface area (Å²) in [6.45, 7) is 5.54. The van der Waals surface area contributed by atoms with Crippen LogP contribution in [0.4, 0.5) is 5.69 Å². The van der Waals surface area contributed by atoms with Crippen LogP contribution in [-0.4, -0.2) is 23.4 Å². The molecule has 0 unspecified atom stereocenters. The number of carbonyl (C=O) groups excluding carboxylic acids is 1. The third kappa shape index (κ3) is 2.18. The van der Waals surface area contributed by atoms with Gasteiger partial charge in [-0.15, -0.1) is 0 Å². The lowest BCUT2D eigenvalue weighted by Gasteiger charge is -2.23. The number of amides is 1. The molecule has 2 rings (SSSR count). The molecule has 0 aromatic heterocycles. The molecule has 15 heavy (non-hydrogen) atoms. The Bertz CT molecular complexity index is 374. The molecule has 1 aromatic rings. The molecule has 1 aliphatic rings. The number of rotatable bonds is 1. The Balaban J connectivity index is 2.31. The molecule has 80 valence electrons. The highest BCUT2D eigenvalue weighted by Crippen LogP contribution is 2.21. The molecule has 1 heterocycles. The molecule has 0 atom stereocenters. The van der Waals surface area contributed by atoms with E-state index in [1.54, 1.807) is 0 Å². The summed E-state index contributed by atoms with van der Waals surface area (Å²) in [4.78, 5) is 13.8. The van der Waals surface area contributed by atoms with Crippen LogP contribution >= 0.6 is 0 Å². The van der Waals surface area contributed by atoms with Crippen LogP contribution < -0.4 is 5.32 Å². The average molecular weight is 204 g/mol. The van der Waals surface area contributed by atoms with Crippen molar-refractivity contribution in [2.75, 3.05) is 11.9 Å². The molecule has 0 spiro atoms. The normalized spacial score (nSPS) is 17.1. The summed E-state index contributed by atoms with van der Waals surface area (Å²) in [6.07, 6.45) is 0. The summed E-state index contributed by atoms with van der Waals surface area (Å²) in [5, 5.41) is 2.93. The number of anilines is 1. The summed E-state index contributed by atoms with van der Waals surface area (Å²) in [5.41, 5.74) is 2.14. The van der Waals surface area contributed by atoms with Crippen molar-refractivity contribution in [1.29, 1.82) is 0 Å². The number of carbonyl (C=O) groups is 1. The van der Waals surface area contributed by atoms with E-state index in [1.807, 2.05) is 18.2 Å². The lowest BCUT2D eigenvalue weighted by Crippen LogP contribution is -2.35. The number of nitrogens with one attached hydrogen (secondary N) is 1. The van der Waals surface area contributed by atoms with Crippen LogP contribution in [0.25, 0.3) is 0 Å². The standard InChI is InChI=1S/C12H16N2O/c1-9(2)14-7-10-5-3-4-6-11(10)13-12(15)8-14/h3-6,9H,7-8H2,1-2H3,(H,13,15). The van der Waals surface area contributed by atoms with Gasteiger partial charge in [0.1, 0.15) is 0 Å². The summed E-state index contributed by atoms with van der Waals surface area (Å²) in [7, 11) is 0. The lowest BCUT2D eigenvalue weighted by atomic mass is 10.1. The predicted molar refractivity (Wildman–Crippen MR) is 60.6 cm³/mol. The van der Waals surface area contributed by atoms with Crippen molar-refractivity contribution >= 4 is 11.6 Å². The molecule has 0 saturated carbocycles. The van der Waals surface area contributed by atoms with Crippen molar-refractivity contribution in [3.8, 4) is 0 Å². The van der Waals surface area contributed by atoms with E-state index in [0.29, 0.717) is 12.6 Å². The third-order valence-electron chi connectivity index (χ3n) is 2.74. The van der Waals surface area contributed by atoms with Crippen LogP contribution in [0.1, 0.15) is 19.4 Å². The quantitative estimate of drug-likeness (QED) is 0.757. The van der Waals surface area contributed by atoms with Gasteiger partial charge >= 0.3 is 0 Å². The Labute approximate surface area is 90.1 Å². The molecule has 0 aliphatic carbocycles. The summed E-state index contributed by atoms with van der Waals surface area (Å²) < 4.78 is 0. The topological polar surface area (TPSA) is 32.3 Å². The van der Waals surface area contributed by atoms with E-state index in [4.69, 9.17) is 0 Å². The second-order valence-electron chi connectivity index (χ2n) is 4.20. The van der Waals surface area contributed by atoms with E-state index in [-0.39, 0.29) is 5.91 Å². The van der Waals surface area contributed by atoms with Crippen molar-refractivity contribution in [3.63, 3.8) is 0 Å². The van der Waals surface area contributed by atoms with Gasteiger partial charge in [0.25, 0.3) is 0 Å². The Hall–Kier alpha value is -1.35. The molecule has 1 amide bonds. The molecule has 0 saturated heterocycles. The molecule has 0 fully saturated rings. The fourth-order valence-electron chi connectivity index (χ4n) is 1.79. The van der Waals surface area contributed by atoms with Gasteiger partial charge in [-0.25, -0.2) is 0 Å². The van der Waals surface area contributed by atoms with Gasteiger partial charge in [-0.1, -0.05) is 18.2 Å². The zero-order valence-corrected chi connectivity index (χ0v) is 9.16. The molecule has 3 nitrogen and oxygen atoms in total. The fourth-order valence-corrected chi connectivity index (χ4v) is 1.79. The smallest absolute Gasteiger partial charge is 0.238 e. The Kier molecular flexibility index (Phi) is 2.73. The SMILES string of the molecule is CC(C)N1CC(=O)Nc2ccccc2C1. The number of hydrogen-bond acceptors (Lipinski definition) is 2. The van der Waals surface area contributed by atoms with Gasteiger partial charge in [0, 0.05) is 18.3 Å². The molecular formula is C12H16N2O. The number of hydrogen-bond donors (Lipinski definition) is 1. The second-order valence-corrected chi connectivity index (χ2v) is 4.20. The van der Waals surface area contributed by atoms with Gasteiger partial charge in [0.05, 0.1) is 6.54 Å². The maximum absolute atomic E-state index is 11.6. The lowest BCUT2D eigenvalue weighted by molar-refractivity contribution is -0.117. The van der Waals surface area contributed by atoms with E-state index in [1.165, 1.54) is 5.56 Å². The monoisotopic (exact) mass is 204 g/mol. The van der Waals surface area contributed by atoms with Crippen molar-refractivity contribution in [1.82, 2.24) is 4.90 Å². The minimum absolute atomic E-state index is 0.0775. The maximum atomic E-state index is 11.6. The summed E-state index contributed by atoms with van der Waals surface area (Å²) >= 11 is 0. The van der Waals surface area contributed by atoms with Crippen LogP contribution in [0.3, 0.4) is 0 Å². The Morgan fingerprint density at radius 2 is 2.00 bits per heavy atom. The van der Waals surface area contributed by atoms with E-state index in [9.17, 15) is 4.79 Å². The number of nitrogens with zero attached hydrogens (tertiary/aromatic N) is 1. The number of fused-ring (bicyclic) bond motifs is 1.